The van der Waals surface area contributed by atoms with Crippen LogP contribution in [0.25, 0.3) is 0 Å². The van der Waals surface area contributed by atoms with Gasteiger partial charge in [-0.1, -0.05) is 17.2 Å². The monoisotopic (exact) mass is 140 g/mol. The van der Waals surface area contributed by atoms with Crippen molar-refractivity contribution in [2.24, 2.45) is 0 Å². The first-order valence-corrected chi connectivity index (χ1v) is 3.50. The minimum absolute atomic E-state index is 0.345. The average Bonchev–Trinajstić information content (AvgIpc) is 1.58. The van der Waals surface area contributed by atoms with E-state index in [1.54, 1.807) is 0 Å². The zero-order chi connectivity index (χ0) is 8.15. The van der Waals surface area contributed by atoms with E-state index >= 15 is 0 Å². The topological polar surface area (TPSA) is 20.2 Å². The van der Waals surface area contributed by atoms with Gasteiger partial charge in [-0.3, -0.25) is 0 Å². The van der Waals surface area contributed by atoms with Crippen LogP contribution in [0.4, 0.5) is 0 Å². The normalized spacial score (nSPS) is 12.4. The number of aliphatic hydroxyl groups is 1. The van der Waals surface area contributed by atoms with Crippen molar-refractivity contribution in [2.75, 3.05) is 0 Å². The van der Waals surface area contributed by atoms with Gasteiger partial charge in [-0.15, -0.1) is 6.58 Å². The summed E-state index contributed by atoms with van der Waals surface area (Å²) in [4.78, 5) is 0. The van der Waals surface area contributed by atoms with Crippen molar-refractivity contribution in [1.82, 2.24) is 0 Å². The molecule has 0 aliphatic rings. The van der Waals surface area contributed by atoms with E-state index in [9.17, 15) is 5.11 Å². The summed E-state index contributed by atoms with van der Waals surface area (Å²) in [6, 6.07) is 0. The smallest absolute Gasteiger partial charge is 0.0760 e. The summed E-state index contributed by atoms with van der Waals surface area (Å²) in [7, 11) is 0. The van der Waals surface area contributed by atoms with Crippen molar-refractivity contribution in [3.63, 3.8) is 0 Å². The third kappa shape index (κ3) is 5.57. The maximum Gasteiger partial charge on any atom is 0.0760 e. The molecule has 0 radical (unpaired) electrons. The molecule has 1 atom stereocenters. The Bertz CT molecular complexity index is 141. The third-order valence-electron chi connectivity index (χ3n) is 1.08. The van der Waals surface area contributed by atoms with Crippen LogP contribution in [0.15, 0.2) is 23.8 Å². The van der Waals surface area contributed by atoms with Crippen LogP contribution >= 0.6 is 0 Å². The summed E-state index contributed by atoms with van der Waals surface area (Å²) >= 11 is 0. The summed E-state index contributed by atoms with van der Waals surface area (Å²) in [5.74, 6) is 0. The van der Waals surface area contributed by atoms with E-state index in [4.69, 9.17) is 0 Å². The van der Waals surface area contributed by atoms with Gasteiger partial charge in [0.1, 0.15) is 0 Å². The predicted molar refractivity (Wildman–Crippen MR) is 44.9 cm³/mol. The molecule has 0 heterocycles. The zero-order valence-corrected chi connectivity index (χ0v) is 7.02. The Morgan fingerprint density at radius 3 is 2.30 bits per heavy atom. The van der Waals surface area contributed by atoms with Gasteiger partial charge in [0, 0.05) is 0 Å². The van der Waals surface area contributed by atoms with Gasteiger partial charge in [-0.2, -0.15) is 0 Å². The van der Waals surface area contributed by atoms with Gasteiger partial charge in [0.15, 0.2) is 0 Å². The summed E-state index contributed by atoms with van der Waals surface area (Å²) in [5.41, 5.74) is 2.17. The minimum atomic E-state index is -0.345. The highest BCUT2D eigenvalue weighted by molar-refractivity contribution is 5.03. The van der Waals surface area contributed by atoms with E-state index in [1.807, 2.05) is 26.8 Å². The molecule has 0 rings (SSSR count). The second-order valence-electron chi connectivity index (χ2n) is 2.97. The molecule has 0 aliphatic carbocycles. The molecule has 1 heteroatoms. The summed E-state index contributed by atoms with van der Waals surface area (Å²) in [6.45, 7) is 9.58. The summed E-state index contributed by atoms with van der Waals surface area (Å²) in [5, 5.41) is 9.25. The second kappa shape index (κ2) is 4.29. The molecular weight excluding hydrogens is 124 g/mol. The molecule has 0 amide bonds. The lowest BCUT2D eigenvalue weighted by Gasteiger charge is -2.04. The van der Waals surface area contributed by atoms with Gasteiger partial charge in [-0.05, 0) is 27.2 Å². The lowest BCUT2D eigenvalue weighted by atomic mass is 10.1. The van der Waals surface area contributed by atoms with Crippen LogP contribution in [0, 0.1) is 0 Å². The molecular formula is C9H16O. The Labute approximate surface area is 63.1 Å². The van der Waals surface area contributed by atoms with E-state index in [1.165, 1.54) is 0 Å². The second-order valence-corrected chi connectivity index (χ2v) is 2.97. The predicted octanol–water partition coefficient (Wildman–Crippen LogP) is 2.28. The van der Waals surface area contributed by atoms with Crippen LogP contribution in [-0.2, 0) is 0 Å². The number of hydrogen-bond acceptors (Lipinski definition) is 1. The van der Waals surface area contributed by atoms with E-state index in [0.29, 0.717) is 6.42 Å². The van der Waals surface area contributed by atoms with Crippen molar-refractivity contribution < 1.29 is 5.11 Å². The van der Waals surface area contributed by atoms with Crippen LogP contribution in [0.3, 0.4) is 0 Å². The van der Waals surface area contributed by atoms with Crippen molar-refractivity contribution in [1.29, 1.82) is 0 Å². The maximum atomic E-state index is 9.25. The molecule has 0 aliphatic heterocycles. The van der Waals surface area contributed by atoms with Gasteiger partial charge in [0.05, 0.1) is 6.10 Å². The zero-order valence-electron chi connectivity index (χ0n) is 7.02. The fourth-order valence-corrected chi connectivity index (χ4v) is 0.801. The molecule has 0 saturated carbocycles. The minimum Gasteiger partial charge on any atom is -0.389 e. The molecule has 0 spiro atoms. The molecule has 10 heavy (non-hydrogen) atoms. The van der Waals surface area contributed by atoms with Crippen molar-refractivity contribution in [3.05, 3.63) is 23.8 Å². The quantitative estimate of drug-likeness (QED) is 0.596. The molecule has 0 aromatic carbocycles. The average molecular weight is 140 g/mol. The maximum absolute atomic E-state index is 9.25. The molecule has 1 N–H and O–H groups in total. The molecule has 0 aromatic rings. The van der Waals surface area contributed by atoms with Crippen LogP contribution in [-0.4, -0.2) is 11.2 Å². The van der Waals surface area contributed by atoms with Gasteiger partial charge in [0.2, 0.25) is 0 Å². The first-order valence-electron chi connectivity index (χ1n) is 3.50. The van der Waals surface area contributed by atoms with E-state index in [-0.39, 0.29) is 6.10 Å². The van der Waals surface area contributed by atoms with Crippen LogP contribution in [0.1, 0.15) is 27.2 Å². The van der Waals surface area contributed by atoms with Gasteiger partial charge >= 0.3 is 0 Å². The Hall–Kier alpha value is -0.560. The SMILES string of the molecule is C=C(C)CC(O)C=C(C)C. The Kier molecular flexibility index (Phi) is 4.05. The summed E-state index contributed by atoms with van der Waals surface area (Å²) in [6.07, 6.45) is 2.17. The summed E-state index contributed by atoms with van der Waals surface area (Å²) < 4.78 is 0. The molecule has 0 bridgehead atoms. The number of rotatable bonds is 3. The fraction of sp³-hybridized carbons (Fsp3) is 0.556. The lowest BCUT2D eigenvalue weighted by molar-refractivity contribution is 0.223. The van der Waals surface area contributed by atoms with Gasteiger partial charge < -0.3 is 5.11 Å². The number of aliphatic hydroxyl groups excluding tert-OH is 1. The Morgan fingerprint density at radius 2 is 2.00 bits per heavy atom. The fourth-order valence-electron chi connectivity index (χ4n) is 0.801. The number of allylic oxidation sites excluding steroid dienone is 1. The molecule has 0 fully saturated rings. The molecule has 1 nitrogen and oxygen atoms in total. The molecule has 0 aromatic heterocycles. The highest BCUT2D eigenvalue weighted by Crippen LogP contribution is 2.04. The molecule has 58 valence electrons. The van der Waals surface area contributed by atoms with E-state index in [2.05, 4.69) is 6.58 Å². The first-order chi connectivity index (χ1) is 4.52. The third-order valence-corrected chi connectivity index (χ3v) is 1.08. The Balaban J connectivity index is 3.75. The standard InChI is InChI=1S/C9H16O/c1-7(2)5-9(10)6-8(3)4/h6,9-10H,1,5H2,2-4H3. The van der Waals surface area contributed by atoms with Crippen LogP contribution in [0.2, 0.25) is 0 Å². The number of hydrogen-bond donors (Lipinski definition) is 1. The van der Waals surface area contributed by atoms with Crippen molar-refractivity contribution >= 4 is 0 Å². The Morgan fingerprint density at radius 1 is 1.50 bits per heavy atom. The van der Waals surface area contributed by atoms with Gasteiger partial charge in [0.25, 0.3) is 0 Å². The van der Waals surface area contributed by atoms with Crippen LogP contribution in [0.5, 0.6) is 0 Å². The highest BCUT2D eigenvalue weighted by atomic mass is 16.3. The first kappa shape index (κ1) is 9.44. The van der Waals surface area contributed by atoms with Crippen molar-refractivity contribution in [3.8, 4) is 0 Å². The lowest BCUT2D eigenvalue weighted by Crippen LogP contribution is -2.02. The molecule has 1 unspecified atom stereocenters. The van der Waals surface area contributed by atoms with E-state index in [0.717, 1.165) is 11.1 Å². The van der Waals surface area contributed by atoms with Gasteiger partial charge in [-0.25, -0.2) is 0 Å². The molecule has 0 saturated heterocycles. The largest absolute Gasteiger partial charge is 0.389 e. The van der Waals surface area contributed by atoms with Crippen LogP contribution < -0.4 is 0 Å². The highest BCUT2D eigenvalue weighted by Gasteiger charge is 1.97. The van der Waals surface area contributed by atoms with E-state index < -0.39 is 0 Å². The van der Waals surface area contributed by atoms with Crippen molar-refractivity contribution in [2.45, 2.75) is 33.3 Å².